The van der Waals surface area contributed by atoms with Gasteiger partial charge in [-0.15, -0.1) is 0 Å². The molecule has 0 aromatic heterocycles. The van der Waals surface area contributed by atoms with E-state index in [9.17, 15) is 4.79 Å². The smallest absolute Gasteiger partial charge is 0.248 e. The molecule has 0 aromatic rings. The predicted molar refractivity (Wildman–Crippen MR) is 38.7 cm³/mol. The fourth-order valence-corrected chi connectivity index (χ4v) is 0.775. The van der Waals surface area contributed by atoms with E-state index in [1.54, 1.807) is 6.92 Å². The van der Waals surface area contributed by atoms with E-state index in [1.165, 1.54) is 0 Å². The Morgan fingerprint density at radius 2 is 2.40 bits per heavy atom. The number of hydrogen-bond acceptors (Lipinski definition) is 2. The molecule has 1 aliphatic rings. The van der Waals surface area contributed by atoms with Gasteiger partial charge in [-0.1, -0.05) is 0 Å². The van der Waals surface area contributed by atoms with E-state index in [-0.39, 0.29) is 11.9 Å². The van der Waals surface area contributed by atoms with Crippen molar-refractivity contribution in [3.05, 3.63) is 0 Å². The fourth-order valence-electron chi connectivity index (χ4n) is 0.775. The third-order valence-electron chi connectivity index (χ3n) is 1.30. The first kappa shape index (κ1) is 7.05. The van der Waals surface area contributed by atoms with E-state index in [0.717, 1.165) is 0 Å². The fraction of sp³-hybridized carbons (Fsp3) is 0.667. The van der Waals surface area contributed by atoms with Gasteiger partial charge in [-0.3, -0.25) is 15.1 Å². The Balaban J connectivity index is 2.57. The summed E-state index contributed by atoms with van der Waals surface area (Å²) in [5.41, 5.74) is 0. The van der Waals surface area contributed by atoms with Crippen LogP contribution in [0.15, 0.2) is 4.99 Å². The van der Waals surface area contributed by atoms with Gasteiger partial charge in [0, 0.05) is 6.54 Å². The van der Waals surface area contributed by atoms with Gasteiger partial charge in [0.15, 0.2) is 5.96 Å². The molecular weight excluding hydrogens is 130 g/mol. The van der Waals surface area contributed by atoms with Gasteiger partial charge in [0.2, 0.25) is 5.91 Å². The monoisotopic (exact) mass is 141 g/mol. The van der Waals surface area contributed by atoms with Gasteiger partial charge >= 0.3 is 0 Å². The zero-order valence-corrected chi connectivity index (χ0v) is 6.14. The molecule has 10 heavy (non-hydrogen) atoms. The van der Waals surface area contributed by atoms with Crippen LogP contribution >= 0.6 is 0 Å². The van der Waals surface area contributed by atoms with Crippen LogP contribution in [0.25, 0.3) is 0 Å². The number of carbonyl (C=O) groups excluding carboxylic acids is 1. The first-order chi connectivity index (χ1) is 4.74. The number of amides is 1. The van der Waals surface area contributed by atoms with Gasteiger partial charge in [-0.2, -0.15) is 0 Å². The van der Waals surface area contributed by atoms with Gasteiger partial charge in [0.05, 0.1) is 0 Å². The van der Waals surface area contributed by atoms with Crippen molar-refractivity contribution in [2.75, 3.05) is 6.54 Å². The van der Waals surface area contributed by atoms with Crippen LogP contribution in [-0.4, -0.2) is 24.5 Å². The largest absolute Gasteiger partial charge is 0.345 e. The van der Waals surface area contributed by atoms with Gasteiger partial charge < -0.3 is 5.32 Å². The molecule has 56 valence electrons. The number of nitrogens with zero attached hydrogens (tertiary/aromatic N) is 1. The molecule has 4 nitrogen and oxygen atoms in total. The minimum absolute atomic E-state index is 0.00722. The summed E-state index contributed by atoms with van der Waals surface area (Å²) >= 11 is 0. The number of guanidine groups is 1. The van der Waals surface area contributed by atoms with Crippen LogP contribution in [0.3, 0.4) is 0 Å². The van der Waals surface area contributed by atoms with Crippen LogP contribution in [0.1, 0.15) is 13.8 Å². The highest BCUT2D eigenvalue weighted by Gasteiger charge is 2.22. The Morgan fingerprint density at radius 1 is 1.70 bits per heavy atom. The van der Waals surface area contributed by atoms with Gasteiger partial charge in [-0.25, -0.2) is 0 Å². The number of hydrogen-bond donors (Lipinski definition) is 2. The lowest BCUT2D eigenvalue weighted by Gasteiger charge is -1.95. The Hall–Kier alpha value is -1.06. The van der Waals surface area contributed by atoms with Gasteiger partial charge in [0.1, 0.15) is 6.04 Å². The third kappa shape index (κ3) is 1.26. The molecular formula is C6H11N3O. The zero-order chi connectivity index (χ0) is 7.56. The van der Waals surface area contributed by atoms with E-state index >= 15 is 0 Å². The molecule has 1 aliphatic heterocycles. The van der Waals surface area contributed by atoms with Gasteiger partial charge in [-0.05, 0) is 13.8 Å². The average molecular weight is 141 g/mol. The molecule has 0 aliphatic carbocycles. The summed E-state index contributed by atoms with van der Waals surface area (Å²) < 4.78 is 0. The maximum Gasteiger partial charge on any atom is 0.248 e. The minimum Gasteiger partial charge on any atom is -0.345 e. The van der Waals surface area contributed by atoms with Crippen LogP contribution in [0.4, 0.5) is 0 Å². The second-order valence-corrected chi connectivity index (χ2v) is 2.18. The van der Waals surface area contributed by atoms with Crippen molar-refractivity contribution in [1.29, 1.82) is 0 Å². The first-order valence-electron chi connectivity index (χ1n) is 3.36. The number of aliphatic imine (C=N–C) groups is 1. The average Bonchev–Trinajstić information content (AvgIpc) is 2.14. The molecule has 1 atom stereocenters. The Bertz CT molecular complexity index is 176. The van der Waals surface area contributed by atoms with E-state index in [4.69, 9.17) is 0 Å². The normalized spacial score (nSPS) is 28.4. The highest BCUT2D eigenvalue weighted by molar-refractivity contribution is 6.06. The third-order valence-corrected chi connectivity index (χ3v) is 1.30. The number of nitrogens with one attached hydrogen (secondary N) is 2. The van der Waals surface area contributed by atoms with Crippen molar-refractivity contribution in [3.8, 4) is 0 Å². The van der Waals surface area contributed by atoms with Crippen LogP contribution in [0.2, 0.25) is 0 Å². The van der Waals surface area contributed by atoms with Crippen LogP contribution in [0, 0.1) is 0 Å². The van der Waals surface area contributed by atoms with Crippen LogP contribution in [0.5, 0.6) is 0 Å². The Labute approximate surface area is 59.7 Å². The van der Waals surface area contributed by atoms with Crippen molar-refractivity contribution >= 4 is 11.9 Å². The predicted octanol–water partition coefficient (Wildman–Crippen LogP) is -0.530. The summed E-state index contributed by atoms with van der Waals surface area (Å²) in [6.45, 7) is 4.41. The quantitative estimate of drug-likeness (QED) is 0.515. The summed E-state index contributed by atoms with van der Waals surface area (Å²) in [6.07, 6.45) is 0. The summed E-state index contributed by atoms with van der Waals surface area (Å²) in [5.74, 6) is 0.590. The van der Waals surface area contributed by atoms with Crippen molar-refractivity contribution in [2.45, 2.75) is 19.9 Å². The molecule has 2 N–H and O–H groups in total. The Morgan fingerprint density at radius 3 is 2.80 bits per heavy atom. The van der Waals surface area contributed by atoms with E-state index < -0.39 is 0 Å². The van der Waals surface area contributed by atoms with Crippen molar-refractivity contribution in [2.24, 2.45) is 4.99 Å². The molecule has 1 amide bonds. The summed E-state index contributed by atoms with van der Waals surface area (Å²) in [7, 11) is 0. The molecule has 0 spiro atoms. The van der Waals surface area contributed by atoms with Crippen molar-refractivity contribution in [1.82, 2.24) is 10.6 Å². The highest BCUT2D eigenvalue weighted by Crippen LogP contribution is 1.90. The molecule has 0 bridgehead atoms. The van der Waals surface area contributed by atoms with Crippen molar-refractivity contribution in [3.63, 3.8) is 0 Å². The lowest BCUT2D eigenvalue weighted by molar-refractivity contribution is -0.119. The van der Waals surface area contributed by atoms with E-state index in [2.05, 4.69) is 15.6 Å². The molecule has 0 aromatic carbocycles. The number of rotatable bonds is 1. The minimum atomic E-state index is -0.134. The molecule has 1 heterocycles. The molecule has 1 unspecified atom stereocenters. The topological polar surface area (TPSA) is 53.5 Å². The standard InChI is InChI=1S/C6H11N3O/c1-3-7-6-8-4(2)5(10)9-6/h4H,3H2,1-2H3,(H2,7,8,9,10). The summed E-state index contributed by atoms with van der Waals surface area (Å²) in [5, 5.41) is 5.50. The van der Waals surface area contributed by atoms with E-state index in [1.807, 2.05) is 6.92 Å². The second kappa shape index (κ2) is 2.68. The van der Waals surface area contributed by atoms with Crippen molar-refractivity contribution < 1.29 is 4.79 Å². The molecule has 0 radical (unpaired) electrons. The molecule has 0 saturated carbocycles. The molecule has 1 rings (SSSR count). The zero-order valence-electron chi connectivity index (χ0n) is 6.14. The number of carbonyl (C=O) groups is 1. The molecule has 1 fully saturated rings. The SMILES string of the molecule is CCN=C1NC(=O)C(C)N1. The molecule has 1 saturated heterocycles. The highest BCUT2D eigenvalue weighted by atomic mass is 16.2. The second-order valence-electron chi connectivity index (χ2n) is 2.18. The lowest BCUT2D eigenvalue weighted by atomic mass is 10.4. The maximum absolute atomic E-state index is 10.8. The van der Waals surface area contributed by atoms with Crippen LogP contribution < -0.4 is 10.6 Å². The van der Waals surface area contributed by atoms with Crippen LogP contribution in [-0.2, 0) is 4.79 Å². The first-order valence-corrected chi connectivity index (χ1v) is 3.36. The summed E-state index contributed by atoms with van der Waals surface area (Å²) in [4.78, 5) is 14.8. The summed E-state index contributed by atoms with van der Waals surface area (Å²) in [6, 6.07) is -0.134. The van der Waals surface area contributed by atoms with E-state index in [0.29, 0.717) is 12.5 Å². The lowest BCUT2D eigenvalue weighted by Crippen LogP contribution is -2.26. The molecule has 4 heteroatoms. The van der Waals surface area contributed by atoms with Gasteiger partial charge in [0.25, 0.3) is 0 Å². The Kier molecular flexibility index (Phi) is 1.89. The maximum atomic E-state index is 10.8.